The lowest BCUT2D eigenvalue weighted by Crippen LogP contribution is -2.31. The predicted molar refractivity (Wildman–Crippen MR) is 115 cm³/mol. The third-order valence-electron chi connectivity index (χ3n) is 4.17. The first-order valence-corrected chi connectivity index (χ1v) is 10.0. The lowest BCUT2D eigenvalue weighted by molar-refractivity contribution is 0.0978. The van der Waals surface area contributed by atoms with Crippen LogP contribution in [-0.4, -0.2) is 40.1 Å². The number of pyridine rings is 1. The van der Waals surface area contributed by atoms with Crippen LogP contribution in [0.15, 0.2) is 48.7 Å². The van der Waals surface area contributed by atoms with E-state index in [1.54, 1.807) is 12.3 Å². The Balaban J connectivity index is 1.80. The first-order chi connectivity index (χ1) is 14.6. The summed E-state index contributed by atoms with van der Waals surface area (Å²) >= 11 is 7.64. The summed E-state index contributed by atoms with van der Waals surface area (Å²) in [6.07, 6.45) is 1.67. The van der Waals surface area contributed by atoms with Crippen molar-refractivity contribution in [2.24, 2.45) is 0 Å². The summed E-state index contributed by atoms with van der Waals surface area (Å²) in [6, 6.07) is 12.5. The summed E-state index contributed by atoms with van der Waals surface area (Å²) < 4.78 is 11.1. The Bertz CT molecular complexity index is 1180. The lowest BCUT2D eigenvalue weighted by atomic mass is 10.3. The number of ether oxygens (including phenoxy) is 2. The van der Waals surface area contributed by atoms with Gasteiger partial charge in [-0.3, -0.25) is 14.7 Å². The topological polar surface area (TPSA) is 90.3 Å². The fourth-order valence-corrected chi connectivity index (χ4v) is 4.01. The zero-order valence-corrected chi connectivity index (χ0v) is 17.6. The van der Waals surface area contributed by atoms with Gasteiger partial charge in [0.2, 0.25) is 5.88 Å². The maximum Gasteiger partial charge on any atom is 0.320 e. The van der Waals surface area contributed by atoms with Gasteiger partial charge in [-0.25, -0.2) is 4.98 Å². The fourth-order valence-electron chi connectivity index (χ4n) is 2.75. The van der Waals surface area contributed by atoms with Gasteiger partial charge >= 0.3 is 6.01 Å². The number of anilines is 1. The van der Waals surface area contributed by atoms with E-state index < -0.39 is 5.91 Å². The number of carbonyl (C=O) groups is 1. The second-order valence-corrected chi connectivity index (χ2v) is 7.49. The van der Waals surface area contributed by atoms with E-state index >= 15 is 0 Å². The third kappa shape index (κ3) is 4.03. The van der Waals surface area contributed by atoms with Gasteiger partial charge in [-0.15, -0.1) is 0 Å². The average Bonchev–Trinajstić information content (AvgIpc) is 3.22. The van der Waals surface area contributed by atoms with E-state index in [-0.39, 0.29) is 24.1 Å². The predicted octanol–water partition coefficient (Wildman–Crippen LogP) is 4.00. The van der Waals surface area contributed by atoms with Gasteiger partial charge in [0.25, 0.3) is 5.91 Å². The van der Waals surface area contributed by atoms with E-state index in [1.165, 1.54) is 36.5 Å². The molecule has 0 unspecified atom stereocenters. The van der Waals surface area contributed by atoms with Gasteiger partial charge in [-0.2, -0.15) is 9.97 Å². The molecule has 1 amide bonds. The van der Waals surface area contributed by atoms with Crippen LogP contribution in [0, 0.1) is 0 Å². The van der Waals surface area contributed by atoms with Gasteiger partial charge < -0.3 is 9.47 Å². The highest BCUT2D eigenvalue weighted by Gasteiger charge is 2.25. The number of para-hydroxylation sites is 1. The van der Waals surface area contributed by atoms with E-state index in [9.17, 15) is 4.79 Å². The molecule has 0 aliphatic heterocycles. The van der Waals surface area contributed by atoms with Crippen LogP contribution in [0.25, 0.3) is 10.2 Å². The number of hydrogen-bond donors (Lipinski definition) is 0. The lowest BCUT2D eigenvalue weighted by Gasteiger charge is -2.19. The van der Waals surface area contributed by atoms with Crippen molar-refractivity contribution in [2.75, 3.05) is 19.1 Å². The second-order valence-electron chi connectivity index (χ2n) is 6.08. The first-order valence-electron chi connectivity index (χ1n) is 8.83. The molecule has 0 saturated carbocycles. The summed E-state index contributed by atoms with van der Waals surface area (Å²) in [5.41, 5.74) is 1.44. The normalized spacial score (nSPS) is 10.8. The number of methoxy groups -OCH3 is 2. The molecular weight excluding hydrogens is 426 g/mol. The van der Waals surface area contributed by atoms with Crippen molar-refractivity contribution in [3.63, 3.8) is 0 Å². The van der Waals surface area contributed by atoms with Crippen LogP contribution in [0.2, 0.25) is 5.02 Å². The molecule has 3 heterocycles. The molecule has 4 rings (SSSR count). The highest BCUT2D eigenvalue weighted by Crippen LogP contribution is 2.34. The molecule has 0 fully saturated rings. The van der Waals surface area contributed by atoms with Crippen LogP contribution in [0.5, 0.6) is 11.9 Å². The number of fused-ring (bicyclic) bond motifs is 1. The largest absolute Gasteiger partial charge is 0.481 e. The smallest absolute Gasteiger partial charge is 0.320 e. The maximum atomic E-state index is 13.5. The van der Waals surface area contributed by atoms with E-state index in [0.29, 0.717) is 21.4 Å². The highest BCUT2D eigenvalue weighted by atomic mass is 35.5. The van der Waals surface area contributed by atoms with Crippen LogP contribution >= 0.6 is 22.9 Å². The number of rotatable bonds is 6. The minimum Gasteiger partial charge on any atom is -0.481 e. The Kier molecular flexibility index (Phi) is 5.73. The molecule has 0 N–H and O–H groups in total. The molecule has 0 spiro atoms. The van der Waals surface area contributed by atoms with Crippen LogP contribution in [0.3, 0.4) is 0 Å². The van der Waals surface area contributed by atoms with Crippen molar-refractivity contribution >= 4 is 44.2 Å². The molecule has 10 heteroatoms. The molecule has 4 aromatic rings. The van der Waals surface area contributed by atoms with Crippen molar-refractivity contribution in [1.82, 2.24) is 19.9 Å². The van der Waals surface area contributed by atoms with Crippen LogP contribution in [0.4, 0.5) is 5.13 Å². The average molecular weight is 442 g/mol. The zero-order chi connectivity index (χ0) is 21.1. The Labute approximate surface area is 181 Å². The molecule has 30 heavy (non-hydrogen) atoms. The van der Waals surface area contributed by atoms with Gasteiger partial charge in [0.15, 0.2) is 5.13 Å². The Morgan fingerprint density at radius 2 is 1.97 bits per heavy atom. The molecule has 0 saturated heterocycles. The molecule has 152 valence electrons. The standard InChI is InChI=1S/C20H16ClN5O3S/c1-28-16-10-14(23-19(24-16)29-2)18(27)26(11-12-6-3-4-9-22-12)20-25-17-13(21)7-5-8-15(17)30-20/h3-10H,11H2,1-2H3. The summed E-state index contributed by atoms with van der Waals surface area (Å²) in [4.78, 5) is 32.1. The van der Waals surface area contributed by atoms with Crippen molar-refractivity contribution in [1.29, 1.82) is 0 Å². The molecule has 0 aliphatic carbocycles. The van der Waals surface area contributed by atoms with Gasteiger partial charge in [0, 0.05) is 12.3 Å². The Morgan fingerprint density at radius 3 is 2.67 bits per heavy atom. The number of carbonyl (C=O) groups excluding carboxylic acids is 1. The van der Waals surface area contributed by atoms with Crippen molar-refractivity contribution in [3.8, 4) is 11.9 Å². The summed E-state index contributed by atoms with van der Waals surface area (Å²) in [5.74, 6) is -0.176. The maximum absolute atomic E-state index is 13.5. The number of hydrogen-bond acceptors (Lipinski definition) is 8. The number of thiazole rings is 1. The third-order valence-corrected chi connectivity index (χ3v) is 5.52. The Hall–Kier alpha value is -3.30. The second kappa shape index (κ2) is 8.60. The molecule has 0 bridgehead atoms. The Morgan fingerprint density at radius 1 is 1.10 bits per heavy atom. The first kappa shape index (κ1) is 20.0. The summed E-state index contributed by atoms with van der Waals surface area (Å²) in [7, 11) is 2.88. The van der Waals surface area contributed by atoms with Gasteiger partial charge in [0.05, 0.1) is 36.2 Å². The van der Waals surface area contributed by atoms with Gasteiger partial charge in [0.1, 0.15) is 11.2 Å². The van der Waals surface area contributed by atoms with Crippen LogP contribution < -0.4 is 14.4 Å². The summed E-state index contributed by atoms with van der Waals surface area (Å²) in [6.45, 7) is 0.200. The quantitative estimate of drug-likeness (QED) is 0.446. The van der Waals surface area contributed by atoms with Gasteiger partial charge in [-0.05, 0) is 24.3 Å². The number of halogens is 1. The number of nitrogens with zero attached hydrogens (tertiary/aromatic N) is 5. The molecule has 8 nitrogen and oxygen atoms in total. The number of benzene rings is 1. The van der Waals surface area contributed by atoms with E-state index in [4.69, 9.17) is 21.1 Å². The fraction of sp³-hybridized carbons (Fsp3) is 0.150. The van der Waals surface area contributed by atoms with E-state index in [1.807, 2.05) is 30.3 Å². The molecule has 0 aliphatic rings. The highest BCUT2D eigenvalue weighted by molar-refractivity contribution is 7.22. The minimum atomic E-state index is -0.394. The SMILES string of the molecule is COc1cc(C(=O)N(Cc2ccccn2)c2nc3c(Cl)cccc3s2)nc(OC)n1. The van der Waals surface area contributed by atoms with Crippen molar-refractivity contribution < 1.29 is 14.3 Å². The van der Waals surface area contributed by atoms with Crippen LogP contribution in [0.1, 0.15) is 16.2 Å². The molecule has 0 atom stereocenters. The van der Waals surface area contributed by atoms with E-state index in [0.717, 1.165) is 4.70 Å². The molecular formula is C20H16ClN5O3S. The van der Waals surface area contributed by atoms with Gasteiger partial charge in [-0.1, -0.05) is 35.1 Å². The molecule has 0 radical (unpaired) electrons. The minimum absolute atomic E-state index is 0.0304. The van der Waals surface area contributed by atoms with Crippen molar-refractivity contribution in [3.05, 3.63) is 65.1 Å². The molecule has 1 aromatic carbocycles. The van der Waals surface area contributed by atoms with E-state index in [2.05, 4.69) is 19.9 Å². The monoisotopic (exact) mass is 441 g/mol. The number of amides is 1. The number of aromatic nitrogens is 4. The van der Waals surface area contributed by atoms with Crippen LogP contribution in [-0.2, 0) is 6.54 Å². The summed E-state index contributed by atoms with van der Waals surface area (Å²) in [5, 5.41) is 0.996. The van der Waals surface area contributed by atoms with Crippen molar-refractivity contribution in [2.45, 2.75) is 6.54 Å². The molecule has 3 aromatic heterocycles. The zero-order valence-electron chi connectivity index (χ0n) is 16.1.